The Balaban J connectivity index is 2.08. The Morgan fingerprint density at radius 2 is 2.14 bits per heavy atom. The van der Waals surface area contributed by atoms with E-state index in [1.165, 1.54) is 11.8 Å². The lowest BCUT2D eigenvalue weighted by Gasteiger charge is -2.23. The van der Waals surface area contributed by atoms with Crippen LogP contribution in [0.1, 0.15) is 26.3 Å². The Morgan fingerprint density at radius 1 is 1.45 bits per heavy atom. The van der Waals surface area contributed by atoms with Crippen LogP contribution >= 0.6 is 11.8 Å². The molecule has 120 valence electrons. The van der Waals surface area contributed by atoms with Gasteiger partial charge in [0.25, 0.3) is 0 Å². The van der Waals surface area contributed by atoms with Gasteiger partial charge in [-0.15, -0.1) is 11.8 Å². The van der Waals surface area contributed by atoms with Gasteiger partial charge < -0.3 is 15.2 Å². The second-order valence-corrected chi connectivity index (χ2v) is 7.19. The molecule has 5 nitrogen and oxygen atoms in total. The molecule has 2 rings (SSSR count). The van der Waals surface area contributed by atoms with Gasteiger partial charge in [0, 0.05) is 5.75 Å². The lowest BCUT2D eigenvalue weighted by atomic mass is 10.1. The van der Waals surface area contributed by atoms with Crippen LogP contribution in [0.25, 0.3) is 0 Å². The van der Waals surface area contributed by atoms with Gasteiger partial charge in [-0.25, -0.2) is 9.79 Å². The molecule has 0 bridgehead atoms. The maximum Gasteiger partial charge on any atom is 0.408 e. The second-order valence-electron chi connectivity index (χ2n) is 6.15. The fourth-order valence-electron chi connectivity index (χ4n) is 2.07. The maximum absolute atomic E-state index is 12.0. The van der Waals surface area contributed by atoms with Crippen LogP contribution in [0, 0.1) is 0 Å². The number of aliphatic imine (C=N–C) groups is 1. The molecule has 1 aromatic rings. The summed E-state index contributed by atoms with van der Waals surface area (Å²) in [5.41, 5.74) is 0.541. The Labute approximate surface area is 135 Å². The van der Waals surface area contributed by atoms with Crippen molar-refractivity contribution in [3.05, 3.63) is 35.9 Å². The van der Waals surface area contributed by atoms with Crippen molar-refractivity contribution in [2.75, 3.05) is 5.75 Å². The Morgan fingerprint density at radius 3 is 2.68 bits per heavy atom. The zero-order chi connectivity index (χ0) is 16.2. The molecule has 0 radical (unpaired) electrons. The summed E-state index contributed by atoms with van der Waals surface area (Å²) in [5.74, 6) is 0.524. The Kier molecular flexibility index (Phi) is 5.47. The zero-order valence-corrected chi connectivity index (χ0v) is 13.9. The average molecular weight is 322 g/mol. The molecule has 1 aliphatic heterocycles. The first-order valence-electron chi connectivity index (χ1n) is 7.25. The average Bonchev–Trinajstić information content (AvgIpc) is 2.84. The van der Waals surface area contributed by atoms with E-state index in [9.17, 15) is 9.90 Å². The van der Waals surface area contributed by atoms with Gasteiger partial charge in [0.15, 0.2) is 6.23 Å². The van der Waals surface area contributed by atoms with Crippen LogP contribution in [-0.4, -0.2) is 39.9 Å². The molecule has 0 fully saturated rings. The minimum atomic E-state index is -0.696. The van der Waals surface area contributed by atoms with Crippen molar-refractivity contribution < 1.29 is 14.6 Å². The first-order valence-corrected chi connectivity index (χ1v) is 8.24. The van der Waals surface area contributed by atoms with Crippen molar-refractivity contribution in [1.29, 1.82) is 0 Å². The molecule has 1 aromatic carbocycles. The van der Waals surface area contributed by atoms with Gasteiger partial charge in [-0.3, -0.25) is 0 Å². The Bertz CT molecular complexity index is 540. The molecule has 0 spiro atoms. The van der Waals surface area contributed by atoms with Gasteiger partial charge in [0.2, 0.25) is 0 Å². The highest BCUT2D eigenvalue weighted by Gasteiger charge is 2.27. The number of carbonyl (C=O) groups excluding carboxylic acids is 1. The molecular formula is C16H22N2O3S. The van der Waals surface area contributed by atoms with E-state index in [-0.39, 0.29) is 6.04 Å². The van der Waals surface area contributed by atoms with Gasteiger partial charge in [-0.05, 0) is 32.8 Å². The summed E-state index contributed by atoms with van der Waals surface area (Å²) in [6.07, 6.45) is -0.560. The van der Waals surface area contributed by atoms with Crippen molar-refractivity contribution in [2.45, 2.75) is 45.1 Å². The lowest BCUT2D eigenvalue weighted by Crippen LogP contribution is -2.43. The highest BCUT2D eigenvalue weighted by atomic mass is 32.2. The van der Waals surface area contributed by atoms with E-state index in [1.54, 1.807) is 0 Å². The van der Waals surface area contributed by atoms with Gasteiger partial charge in [-0.1, -0.05) is 30.3 Å². The van der Waals surface area contributed by atoms with Crippen LogP contribution in [0.15, 0.2) is 35.3 Å². The molecule has 22 heavy (non-hydrogen) atoms. The summed E-state index contributed by atoms with van der Waals surface area (Å²) in [4.78, 5) is 16.2. The van der Waals surface area contributed by atoms with E-state index in [0.717, 1.165) is 10.6 Å². The summed E-state index contributed by atoms with van der Waals surface area (Å²) >= 11 is 1.47. The number of nitrogens with one attached hydrogen (secondary N) is 1. The number of ether oxygens (including phenoxy) is 1. The summed E-state index contributed by atoms with van der Waals surface area (Å²) in [7, 11) is 0. The number of thioether (sulfide) groups is 1. The topological polar surface area (TPSA) is 70.9 Å². The monoisotopic (exact) mass is 322 g/mol. The van der Waals surface area contributed by atoms with E-state index in [0.29, 0.717) is 12.2 Å². The van der Waals surface area contributed by atoms with E-state index < -0.39 is 17.9 Å². The fraction of sp³-hybridized carbons (Fsp3) is 0.500. The normalized spacial score (nSPS) is 19.5. The van der Waals surface area contributed by atoms with Crippen LogP contribution in [0.2, 0.25) is 0 Å². The van der Waals surface area contributed by atoms with Crippen LogP contribution in [0.5, 0.6) is 0 Å². The van der Waals surface area contributed by atoms with Crippen LogP contribution in [0.4, 0.5) is 4.79 Å². The van der Waals surface area contributed by atoms with E-state index >= 15 is 0 Å². The molecule has 1 aliphatic rings. The molecule has 0 saturated heterocycles. The number of benzene rings is 1. The molecular weight excluding hydrogens is 300 g/mol. The third-order valence-corrected chi connectivity index (χ3v) is 4.08. The van der Waals surface area contributed by atoms with Crippen molar-refractivity contribution >= 4 is 22.9 Å². The van der Waals surface area contributed by atoms with Gasteiger partial charge >= 0.3 is 6.09 Å². The van der Waals surface area contributed by atoms with E-state index in [2.05, 4.69) is 10.3 Å². The van der Waals surface area contributed by atoms with Crippen LogP contribution in [0.3, 0.4) is 0 Å². The predicted octanol–water partition coefficient (Wildman–Crippen LogP) is 2.59. The second kappa shape index (κ2) is 7.15. The largest absolute Gasteiger partial charge is 0.444 e. The highest BCUT2D eigenvalue weighted by molar-refractivity contribution is 8.14. The highest BCUT2D eigenvalue weighted by Crippen LogP contribution is 2.21. The number of carbonyl (C=O) groups is 1. The molecule has 2 unspecified atom stereocenters. The number of nitrogens with zero attached hydrogens (tertiary/aromatic N) is 1. The number of aliphatic hydroxyl groups excluding tert-OH is 1. The zero-order valence-electron chi connectivity index (χ0n) is 13.1. The molecule has 6 heteroatoms. The molecule has 2 atom stereocenters. The third-order valence-electron chi connectivity index (χ3n) is 2.93. The van der Waals surface area contributed by atoms with E-state index in [4.69, 9.17) is 4.74 Å². The summed E-state index contributed by atoms with van der Waals surface area (Å²) < 4.78 is 5.32. The fourth-order valence-corrected chi connectivity index (χ4v) is 3.01. The van der Waals surface area contributed by atoms with Crippen molar-refractivity contribution in [3.63, 3.8) is 0 Å². The third kappa shape index (κ3) is 5.35. The van der Waals surface area contributed by atoms with Crippen LogP contribution < -0.4 is 5.32 Å². The first-order chi connectivity index (χ1) is 10.3. The number of rotatable bonds is 4. The number of hydrogen-bond donors (Lipinski definition) is 2. The smallest absolute Gasteiger partial charge is 0.408 e. The lowest BCUT2D eigenvalue weighted by molar-refractivity contribution is 0.0518. The van der Waals surface area contributed by atoms with Gasteiger partial charge in [0.05, 0.1) is 11.1 Å². The predicted molar refractivity (Wildman–Crippen MR) is 89.2 cm³/mol. The van der Waals surface area contributed by atoms with Crippen molar-refractivity contribution in [2.24, 2.45) is 4.99 Å². The SMILES string of the molecule is CC(C)(C)OC(=O)NC(Cc1ccccc1)C1=NC(O)CS1. The van der Waals surface area contributed by atoms with Crippen molar-refractivity contribution in [3.8, 4) is 0 Å². The number of aliphatic hydroxyl groups is 1. The first kappa shape index (κ1) is 16.8. The minimum absolute atomic E-state index is 0.292. The minimum Gasteiger partial charge on any atom is -0.444 e. The molecule has 1 amide bonds. The summed E-state index contributed by atoms with van der Waals surface area (Å²) in [5, 5.41) is 13.2. The van der Waals surface area contributed by atoms with Crippen molar-refractivity contribution in [1.82, 2.24) is 5.32 Å². The number of amides is 1. The summed E-state index contributed by atoms with van der Waals surface area (Å²) in [6, 6.07) is 9.57. The molecule has 1 heterocycles. The number of alkyl carbamates (subject to hydrolysis) is 1. The van der Waals surface area contributed by atoms with E-state index in [1.807, 2.05) is 51.1 Å². The summed E-state index contributed by atoms with van der Waals surface area (Å²) in [6.45, 7) is 5.47. The molecule has 0 aromatic heterocycles. The van der Waals surface area contributed by atoms with Crippen LogP contribution in [-0.2, 0) is 11.2 Å². The quantitative estimate of drug-likeness (QED) is 0.894. The molecule has 0 saturated carbocycles. The molecule has 2 N–H and O–H groups in total. The van der Waals surface area contributed by atoms with Gasteiger partial charge in [-0.2, -0.15) is 0 Å². The number of hydrogen-bond acceptors (Lipinski definition) is 5. The van der Waals surface area contributed by atoms with Gasteiger partial charge in [0.1, 0.15) is 5.60 Å². The Hall–Kier alpha value is -1.53. The standard InChI is InChI=1S/C16H22N2O3S/c1-16(2,3)21-15(20)17-12(14-18-13(19)10-22-14)9-11-7-5-4-6-8-11/h4-8,12-13,19H,9-10H2,1-3H3,(H,17,20). The molecule has 0 aliphatic carbocycles. The maximum atomic E-state index is 12.0.